The summed E-state index contributed by atoms with van der Waals surface area (Å²) in [6, 6.07) is 0. The van der Waals surface area contributed by atoms with Crippen LogP contribution in [0.2, 0.25) is 0 Å². The van der Waals surface area contributed by atoms with E-state index in [0.717, 1.165) is 25.8 Å². The van der Waals surface area contributed by atoms with E-state index >= 15 is 0 Å². The molecular weight excluding hydrogens is 250 g/mol. The number of hydrogen-bond donors (Lipinski definition) is 1. The van der Waals surface area contributed by atoms with Crippen LogP contribution in [0, 0.1) is 0 Å². The van der Waals surface area contributed by atoms with Gasteiger partial charge >= 0.3 is 0 Å². The number of aromatic nitrogens is 2. The van der Waals surface area contributed by atoms with Crippen molar-refractivity contribution in [2.24, 2.45) is 0 Å². The Kier molecular flexibility index (Phi) is 4.13. The van der Waals surface area contributed by atoms with Crippen molar-refractivity contribution in [3.63, 3.8) is 0 Å². The minimum atomic E-state index is -0.252. The van der Waals surface area contributed by atoms with E-state index in [9.17, 15) is 5.11 Å². The highest BCUT2D eigenvalue weighted by Crippen LogP contribution is 2.40. The van der Waals surface area contributed by atoms with E-state index in [1.54, 1.807) is 0 Å². The summed E-state index contributed by atoms with van der Waals surface area (Å²) in [5.41, 5.74) is 1.22. The van der Waals surface area contributed by atoms with E-state index in [1.165, 1.54) is 44.3 Å². The minimum Gasteiger partial charge on any atom is -0.391 e. The van der Waals surface area contributed by atoms with Gasteiger partial charge in [-0.05, 0) is 51.3 Å². The molecule has 1 aromatic rings. The molecule has 1 unspecified atom stereocenters. The van der Waals surface area contributed by atoms with Gasteiger partial charge in [-0.1, -0.05) is 12.8 Å². The van der Waals surface area contributed by atoms with Crippen molar-refractivity contribution >= 4 is 0 Å². The summed E-state index contributed by atoms with van der Waals surface area (Å²) in [5.74, 6) is 0. The molecule has 4 heteroatoms. The van der Waals surface area contributed by atoms with Crippen LogP contribution in [0.1, 0.15) is 51.0 Å². The summed E-state index contributed by atoms with van der Waals surface area (Å²) >= 11 is 0. The second-order valence-corrected chi connectivity index (χ2v) is 6.43. The molecule has 1 aliphatic heterocycles. The molecule has 20 heavy (non-hydrogen) atoms. The summed E-state index contributed by atoms with van der Waals surface area (Å²) < 4.78 is 1.94. The first-order valence-corrected chi connectivity index (χ1v) is 8.19. The highest BCUT2D eigenvalue weighted by molar-refractivity contribution is 5.11. The predicted molar refractivity (Wildman–Crippen MR) is 79.6 cm³/mol. The van der Waals surface area contributed by atoms with Crippen molar-refractivity contribution in [3.05, 3.63) is 18.0 Å². The van der Waals surface area contributed by atoms with Crippen LogP contribution >= 0.6 is 0 Å². The van der Waals surface area contributed by atoms with Crippen molar-refractivity contribution in [2.45, 2.75) is 70.1 Å². The molecule has 2 fully saturated rings. The highest BCUT2D eigenvalue weighted by Gasteiger charge is 2.45. The Morgan fingerprint density at radius 2 is 1.95 bits per heavy atom. The van der Waals surface area contributed by atoms with E-state index < -0.39 is 0 Å². The Bertz CT molecular complexity index is 431. The van der Waals surface area contributed by atoms with Gasteiger partial charge in [0.2, 0.25) is 0 Å². The van der Waals surface area contributed by atoms with Crippen LogP contribution in [-0.2, 0) is 13.0 Å². The SMILES string of the molecule is CCn1cc(CC(O)C2(N3CCCC3)CCCC2)cn1. The zero-order valence-corrected chi connectivity index (χ0v) is 12.6. The molecule has 1 atom stereocenters. The van der Waals surface area contributed by atoms with E-state index in [0.29, 0.717) is 0 Å². The molecule has 2 aliphatic rings. The zero-order valence-electron chi connectivity index (χ0n) is 12.6. The summed E-state index contributed by atoms with van der Waals surface area (Å²) in [4.78, 5) is 2.58. The molecule has 4 nitrogen and oxygen atoms in total. The molecular formula is C16H27N3O. The average molecular weight is 277 g/mol. The maximum absolute atomic E-state index is 10.9. The molecule has 1 saturated heterocycles. The highest BCUT2D eigenvalue weighted by atomic mass is 16.3. The topological polar surface area (TPSA) is 41.3 Å². The number of aliphatic hydroxyl groups is 1. The van der Waals surface area contributed by atoms with Crippen LogP contribution in [0.25, 0.3) is 0 Å². The van der Waals surface area contributed by atoms with Crippen LogP contribution in [-0.4, -0.2) is 44.5 Å². The number of aliphatic hydroxyl groups excluding tert-OH is 1. The van der Waals surface area contributed by atoms with Crippen molar-refractivity contribution < 1.29 is 5.11 Å². The molecule has 0 amide bonds. The Hall–Kier alpha value is -0.870. The summed E-state index contributed by atoms with van der Waals surface area (Å²) in [6.07, 6.45) is 11.9. The van der Waals surface area contributed by atoms with E-state index in [4.69, 9.17) is 0 Å². The Balaban J connectivity index is 1.73. The number of likely N-dealkylation sites (tertiary alicyclic amines) is 1. The molecule has 1 saturated carbocycles. The molecule has 0 aromatic carbocycles. The van der Waals surface area contributed by atoms with Gasteiger partial charge in [0.25, 0.3) is 0 Å². The van der Waals surface area contributed by atoms with Gasteiger partial charge in [-0.25, -0.2) is 0 Å². The molecule has 3 rings (SSSR count). The third kappa shape index (κ3) is 2.51. The van der Waals surface area contributed by atoms with Crippen LogP contribution < -0.4 is 0 Å². The fourth-order valence-corrected chi connectivity index (χ4v) is 4.11. The van der Waals surface area contributed by atoms with Gasteiger partial charge in [-0.3, -0.25) is 9.58 Å². The quantitative estimate of drug-likeness (QED) is 0.897. The first-order chi connectivity index (χ1) is 9.74. The Labute approximate surface area is 121 Å². The van der Waals surface area contributed by atoms with Crippen molar-refractivity contribution in [2.75, 3.05) is 13.1 Å². The summed E-state index contributed by atoms with van der Waals surface area (Å²) in [5, 5.41) is 15.2. The van der Waals surface area contributed by atoms with Crippen molar-refractivity contribution in [1.29, 1.82) is 0 Å². The van der Waals surface area contributed by atoms with Crippen LogP contribution in [0.3, 0.4) is 0 Å². The lowest BCUT2D eigenvalue weighted by Crippen LogP contribution is -2.54. The fraction of sp³-hybridized carbons (Fsp3) is 0.812. The summed E-state index contributed by atoms with van der Waals surface area (Å²) in [7, 11) is 0. The lowest BCUT2D eigenvalue weighted by Gasteiger charge is -2.42. The Morgan fingerprint density at radius 1 is 1.25 bits per heavy atom. The predicted octanol–water partition coefficient (Wildman–Crippen LogP) is 2.21. The van der Waals surface area contributed by atoms with Crippen LogP contribution in [0.4, 0.5) is 0 Å². The molecule has 0 spiro atoms. The van der Waals surface area contributed by atoms with Crippen molar-refractivity contribution in [1.82, 2.24) is 14.7 Å². The largest absolute Gasteiger partial charge is 0.391 e. The second kappa shape index (κ2) is 5.86. The van der Waals surface area contributed by atoms with Gasteiger partial charge in [0.15, 0.2) is 0 Å². The smallest absolute Gasteiger partial charge is 0.0765 e. The Morgan fingerprint density at radius 3 is 2.55 bits per heavy atom. The maximum atomic E-state index is 10.9. The van der Waals surface area contributed by atoms with Crippen molar-refractivity contribution in [3.8, 4) is 0 Å². The maximum Gasteiger partial charge on any atom is 0.0765 e. The number of rotatable bonds is 5. The molecule has 1 aliphatic carbocycles. The van der Waals surface area contributed by atoms with E-state index in [-0.39, 0.29) is 11.6 Å². The van der Waals surface area contributed by atoms with Gasteiger partial charge in [0.05, 0.1) is 12.3 Å². The first-order valence-electron chi connectivity index (χ1n) is 8.19. The molecule has 112 valence electrons. The number of hydrogen-bond acceptors (Lipinski definition) is 3. The van der Waals surface area contributed by atoms with E-state index in [1.807, 2.05) is 10.9 Å². The first kappa shape index (κ1) is 14.1. The zero-order chi connectivity index (χ0) is 14.0. The third-order valence-electron chi connectivity index (χ3n) is 5.27. The second-order valence-electron chi connectivity index (χ2n) is 6.43. The minimum absolute atomic E-state index is 0.0464. The normalized spacial score (nSPS) is 24.3. The standard InChI is InChI=1S/C16H27N3O/c1-2-19-13-14(12-17-19)11-15(20)16(7-3-4-8-16)18-9-5-6-10-18/h12-13,15,20H,2-11H2,1H3. The van der Waals surface area contributed by atoms with E-state index in [2.05, 4.69) is 23.1 Å². The third-order valence-corrected chi connectivity index (χ3v) is 5.27. The van der Waals surface area contributed by atoms with Gasteiger partial charge in [-0.15, -0.1) is 0 Å². The average Bonchev–Trinajstić information content (AvgIpc) is 3.19. The van der Waals surface area contributed by atoms with Gasteiger partial charge in [-0.2, -0.15) is 5.10 Å². The monoisotopic (exact) mass is 277 g/mol. The lowest BCUT2D eigenvalue weighted by molar-refractivity contribution is -0.0172. The van der Waals surface area contributed by atoms with Gasteiger partial charge in [0.1, 0.15) is 0 Å². The lowest BCUT2D eigenvalue weighted by atomic mass is 9.85. The molecule has 1 aromatic heterocycles. The fourth-order valence-electron chi connectivity index (χ4n) is 4.11. The van der Waals surface area contributed by atoms with Crippen LogP contribution in [0.5, 0.6) is 0 Å². The molecule has 0 radical (unpaired) electrons. The number of nitrogens with zero attached hydrogens (tertiary/aromatic N) is 3. The van der Waals surface area contributed by atoms with Gasteiger partial charge < -0.3 is 5.11 Å². The van der Waals surface area contributed by atoms with Crippen LogP contribution in [0.15, 0.2) is 12.4 Å². The summed E-state index contributed by atoms with van der Waals surface area (Å²) in [6.45, 7) is 5.33. The number of aryl methyl sites for hydroxylation is 1. The molecule has 2 heterocycles. The van der Waals surface area contributed by atoms with Gasteiger partial charge in [0, 0.05) is 24.7 Å². The molecule has 0 bridgehead atoms. The molecule has 1 N–H and O–H groups in total.